The standard InChI is InChI=1S/C26H29FN4O3/c1-16-12-17(2)15-31(14-16)26(33)20-5-4-18(3)22(13-20)28-23(32)10-11-24-29-25(30-34-24)19-6-8-21(27)9-7-19/h4-9,13,16-17H,10-12,14-15H2,1-3H3,(H,28,32). The molecule has 1 fully saturated rings. The molecular formula is C26H29FN4O3. The summed E-state index contributed by atoms with van der Waals surface area (Å²) in [6, 6.07) is 11.2. The molecule has 1 N–H and O–H groups in total. The van der Waals surface area contributed by atoms with Gasteiger partial charge in [0.15, 0.2) is 0 Å². The lowest BCUT2D eigenvalue weighted by molar-refractivity contribution is -0.116. The smallest absolute Gasteiger partial charge is 0.253 e. The fourth-order valence-corrected chi connectivity index (χ4v) is 4.41. The van der Waals surface area contributed by atoms with Gasteiger partial charge in [0, 0.05) is 42.7 Å². The van der Waals surface area contributed by atoms with E-state index in [0.29, 0.717) is 40.4 Å². The Balaban J connectivity index is 1.37. The summed E-state index contributed by atoms with van der Waals surface area (Å²) in [5.74, 6) is 1.06. The van der Waals surface area contributed by atoms with Crippen LogP contribution in [0.3, 0.4) is 0 Å². The summed E-state index contributed by atoms with van der Waals surface area (Å²) in [6.07, 6.45) is 1.54. The first-order chi connectivity index (χ1) is 16.3. The van der Waals surface area contributed by atoms with Crippen LogP contribution in [0.5, 0.6) is 0 Å². The molecule has 4 rings (SSSR count). The number of aryl methyl sites for hydroxylation is 2. The van der Waals surface area contributed by atoms with Crippen molar-refractivity contribution in [2.75, 3.05) is 18.4 Å². The van der Waals surface area contributed by atoms with E-state index in [1.54, 1.807) is 18.2 Å². The zero-order valence-corrected chi connectivity index (χ0v) is 19.7. The van der Waals surface area contributed by atoms with Crippen LogP contribution in [-0.2, 0) is 11.2 Å². The fraction of sp³-hybridized carbons (Fsp3) is 0.385. The van der Waals surface area contributed by atoms with Gasteiger partial charge in [0.05, 0.1) is 0 Å². The number of nitrogens with one attached hydrogen (secondary N) is 1. The maximum absolute atomic E-state index is 13.1. The number of hydrogen-bond acceptors (Lipinski definition) is 5. The Kier molecular flexibility index (Phi) is 7.05. The van der Waals surface area contributed by atoms with Crippen LogP contribution in [0.2, 0.25) is 0 Å². The van der Waals surface area contributed by atoms with E-state index in [2.05, 4.69) is 29.3 Å². The average molecular weight is 465 g/mol. The number of anilines is 1. The van der Waals surface area contributed by atoms with Gasteiger partial charge in [-0.1, -0.05) is 25.1 Å². The summed E-state index contributed by atoms with van der Waals surface area (Å²) >= 11 is 0. The third-order valence-electron chi connectivity index (χ3n) is 6.05. The zero-order valence-electron chi connectivity index (χ0n) is 19.7. The van der Waals surface area contributed by atoms with Crippen LogP contribution in [0.4, 0.5) is 10.1 Å². The molecule has 0 radical (unpaired) electrons. The van der Waals surface area contributed by atoms with Crippen LogP contribution >= 0.6 is 0 Å². The van der Waals surface area contributed by atoms with Gasteiger partial charge in [-0.15, -0.1) is 0 Å². The van der Waals surface area contributed by atoms with E-state index < -0.39 is 0 Å². The number of benzene rings is 2. The van der Waals surface area contributed by atoms with E-state index in [9.17, 15) is 14.0 Å². The molecule has 1 saturated heterocycles. The van der Waals surface area contributed by atoms with Crippen molar-refractivity contribution >= 4 is 17.5 Å². The predicted octanol–water partition coefficient (Wildman–Crippen LogP) is 4.87. The Morgan fingerprint density at radius 2 is 1.82 bits per heavy atom. The topological polar surface area (TPSA) is 88.3 Å². The molecule has 0 saturated carbocycles. The van der Waals surface area contributed by atoms with Gasteiger partial charge < -0.3 is 14.7 Å². The molecule has 2 amide bonds. The first-order valence-corrected chi connectivity index (χ1v) is 11.6. The Morgan fingerprint density at radius 1 is 1.12 bits per heavy atom. The molecule has 1 aromatic heterocycles. The lowest BCUT2D eigenvalue weighted by Crippen LogP contribution is -2.42. The van der Waals surface area contributed by atoms with Gasteiger partial charge in [-0.2, -0.15) is 4.98 Å². The van der Waals surface area contributed by atoms with Crippen molar-refractivity contribution in [2.45, 2.75) is 40.0 Å². The van der Waals surface area contributed by atoms with E-state index in [1.807, 2.05) is 24.0 Å². The highest BCUT2D eigenvalue weighted by Gasteiger charge is 2.26. The minimum atomic E-state index is -0.342. The van der Waals surface area contributed by atoms with Crippen LogP contribution in [0.1, 0.15) is 48.5 Å². The monoisotopic (exact) mass is 464 g/mol. The Hall–Kier alpha value is -3.55. The predicted molar refractivity (Wildman–Crippen MR) is 127 cm³/mol. The fourth-order valence-electron chi connectivity index (χ4n) is 4.41. The van der Waals surface area contributed by atoms with Crippen molar-refractivity contribution in [2.24, 2.45) is 11.8 Å². The summed E-state index contributed by atoms with van der Waals surface area (Å²) in [6.45, 7) is 7.74. The molecule has 3 aromatic rings. The SMILES string of the molecule is Cc1ccc(C(=O)N2CC(C)CC(C)C2)cc1NC(=O)CCc1nc(-c2ccc(F)cc2)no1. The molecule has 0 spiro atoms. The van der Waals surface area contributed by atoms with Crippen molar-refractivity contribution in [3.63, 3.8) is 0 Å². The van der Waals surface area contributed by atoms with Gasteiger partial charge in [-0.25, -0.2) is 4.39 Å². The molecule has 34 heavy (non-hydrogen) atoms. The van der Waals surface area contributed by atoms with Crippen molar-refractivity contribution in [1.82, 2.24) is 15.0 Å². The number of carbonyl (C=O) groups is 2. The Labute approximate surface area is 198 Å². The van der Waals surface area contributed by atoms with Crippen molar-refractivity contribution in [3.05, 3.63) is 65.3 Å². The first kappa shape index (κ1) is 23.6. The van der Waals surface area contributed by atoms with Crippen LogP contribution in [0.25, 0.3) is 11.4 Å². The van der Waals surface area contributed by atoms with Crippen LogP contribution in [0, 0.1) is 24.6 Å². The second kappa shape index (κ2) is 10.2. The van der Waals surface area contributed by atoms with Crippen LogP contribution in [0.15, 0.2) is 47.0 Å². The lowest BCUT2D eigenvalue weighted by Gasteiger charge is -2.35. The molecule has 2 heterocycles. The van der Waals surface area contributed by atoms with Crippen molar-refractivity contribution < 1.29 is 18.5 Å². The highest BCUT2D eigenvalue weighted by Crippen LogP contribution is 2.24. The van der Waals surface area contributed by atoms with Gasteiger partial charge in [-0.05, 0) is 67.1 Å². The second-order valence-corrected chi connectivity index (χ2v) is 9.25. The number of carbonyl (C=O) groups excluding carboxylic acids is 2. The number of hydrogen-bond donors (Lipinski definition) is 1. The molecule has 7 nitrogen and oxygen atoms in total. The van der Waals surface area contributed by atoms with Crippen molar-refractivity contribution in [1.29, 1.82) is 0 Å². The summed E-state index contributed by atoms with van der Waals surface area (Å²) in [5.41, 5.74) is 2.70. The van der Waals surface area contributed by atoms with E-state index >= 15 is 0 Å². The maximum atomic E-state index is 13.1. The summed E-state index contributed by atoms with van der Waals surface area (Å²) in [5, 5.41) is 6.80. The van der Waals surface area contributed by atoms with E-state index in [-0.39, 0.29) is 30.5 Å². The second-order valence-electron chi connectivity index (χ2n) is 9.25. The van der Waals surface area contributed by atoms with Crippen molar-refractivity contribution in [3.8, 4) is 11.4 Å². The minimum Gasteiger partial charge on any atom is -0.339 e. The van der Waals surface area contributed by atoms with Gasteiger partial charge in [0.25, 0.3) is 5.91 Å². The number of piperidine rings is 1. The number of amides is 2. The van der Waals surface area contributed by atoms with E-state index in [0.717, 1.165) is 25.1 Å². The Bertz CT molecular complexity index is 1170. The minimum absolute atomic E-state index is 0.00641. The normalized spacial score (nSPS) is 18.1. The molecular weight excluding hydrogens is 435 g/mol. The van der Waals surface area contributed by atoms with Crippen LogP contribution < -0.4 is 5.32 Å². The first-order valence-electron chi connectivity index (χ1n) is 11.6. The molecule has 2 unspecified atom stereocenters. The van der Waals surface area contributed by atoms with Gasteiger partial charge >= 0.3 is 0 Å². The number of aromatic nitrogens is 2. The summed E-state index contributed by atoms with van der Waals surface area (Å²) < 4.78 is 18.3. The number of nitrogens with zero attached hydrogens (tertiary/aromatic N) is 3. The number of likely N-dealkylation sites (tertiary alicyclic amines) is 1. The highest BCUT2D eigenvalue weighted by atomic mass is 19.1. The molecule has 0 aliphatic carbocycles. The average Bonchev–Trinajstić information content (AvgIpc) is 3.27. The Morgan fingerprint density at radius 3 is 2.53 bits per heavy atom. The van der Waals surface area contributed by atoms with Crippen LogP contribution in [-0.4, -0.2) is 39.9 Å². The molecule has 2 atom stereocenters. The van der Waals surface area contributed by atoms with Gasteiger partial charge in [-0.3, -0.25) is 9.59 Å². The summed E-state index contributed by atoms with van der Waals surface area (Å²) in [4.78, 5) is 31.8. The molecule has 1 aliphatic rings. The molecule has 1 aliphatic heterocycles. The largest absolute Gasteiger partial charge is 0.339 e. The molecule has 8 heteroatoms. The third-order valence-corrected chi connectivity index (χ3v) is 6.05. The highest BCUT2D eigenvalue weighted by molar-refractivity contribution is 5.97. The lowest BCUT2D eigenvalue weighted by atomic mass is 9.91. The van der Waals surface area contributed by atoms with E-state index in [4.69, 9.17) is 4.52 Å². The molecule has 2 aromatic carbocycles. The summed E-state index contributed by atoms with van der Waals surface area (Å²) in [7, 11) is 0. The number of halogens is 1. The van der Waals surface area contributed by atoms with Gasteiger partial charge in [0.2, 0.25) is 17.6 Å². The zero-order chi connectivity index (χ0) is 24.2. The molecule has 0 bridgehead atoms. The quantitative estimate of drug-likeness (QED) is 0.562. The third kappa shape index (κ3) is 5.68. The van der Waals surface area contributed by atoms with E-state index in [1.165, 1.54) is 12.1 Å². The number of rotatable bonds is 6. The maximum Gasteiger partial charge on any atom is 0.253 e. The molecule has 178 valence electrons. The van der Waals surface area contributed by atoms with Gasteiger partial charge in [0.1, 0.15) is 5.82 Å².